The van der Waals surface area contributed by atoms with Crippen molar-refractivity contribution in [2.24, 2.45) is 0 Å². The number of halogens is 1. The SMILES string of the molecule is Cc1cc([C@@H]2[C@H](c3ccccn3)NC(=S)N2c2cc(Cl)ccc2O)c(C)n1Cc1cccnc1. The van der Waals surface area contributed by atoms with Gasteiger partial charge in [0.2, 0.25) is 0 Å². The van der Waals surface area contributed by atoms with Gasteiger partial charge in [-0.1, -0.05) is 23.7 Å². The Hall–Kier alpha value is -3.42. The first-order chi connectivity index (χ1) is 16.4. The van der Waals surface area contributed by atoms with Crippen molar-refractivity contribution in [1.82, 2.24) is 19.9 Å². The number of nitrogens with zero attached hydrogens (tertiary/aromatic N) is 4. The van der Waals surface area contributed by atoms with Gasteiger partial charge >= 0.3 is 0 Å². The van der Waals surface area contributed by atoms with E-state index < -0.39 is 0 Å². The van der Waals surface area contributed by atoms with Crippen LogP contribution < -0.4 is 10.2 Å². The number of aromatic nitrogens is 3. The van der Waals surface area contributed by atoms with Gasteiger partial charge < -0.3 is 19.9 Å². The molecule has 0 saturated carbocycles. The van der Waals surface area contributed by atoms with E-state index in [0.29, 0.717) is 22.4 Å². The average molecular weight is 490 g/mol. The number of anilines is 1. The molecule has 0 bridgehead atoms. The molecular formula is C26H24ClN5OS. The molecule has 1 aliphatic rings. The van der Waals surface area contributed by atoms with Crippen molar-refractivity contribution in [1.29, 1.82) is 0 Å². The molecule has 34 heavy (non-hydrogen) atoms. The zero-order chi connectivity index (χ0) is 23.8. The summed E-state index contributed by atoms with van der Waals surface area (Å²) in [6.45, 7) is 4.93. The van der Waals surface area contributed by atoms with Crippen molar-refractivity contribution in [2.75, 3.05) is 4.90 Å². The lowest BCUT2D eigenvalue weighted by atomic mass is 9.96. The molecule has 1 saturated heterocycles. The molecule has 4 aromatic rings. The van der Waals surface area contributed by atoms with E-state index in [0.717, 1.165) is 28.2 Å². The maximum absolute atomic E-state index is 10.7. The number of thiocarbonyl (C=S) groups is 1. The number of benzene rings is 1. The van der Waals surface area contributed by atoms with Gasteiger partial charge in [0.1, 0.15) is 5.75 Å². The average Bonchev–Trinajstić information content (AvgIpc) is 3.32. The van der Waals surface area contributed by atoms with Crippen LogP contribution in [0.4, 0.5) is 5.69 Å². The minimum absolute atomic E-state index is 0.115. The van der Waals surface area contributed by atoms with Crippen molar-refractivity contribution >= 4 is 34.6 Å². The first-order valence-electron chi connectivity index (χ1n) is 11.0. The highest BCUT2D eigenvalue weighted by Gasteiger charge is 2.43. The van der Waals surface area contributed by atoms with Crippen molar-refractivity contribution < 1.29 is 5.11 Å². The summed E-state index contributed by atoms with van der Waals surface area (Å²) in [6.07, 6.45) is 5.45. The second-order valence-electron chi connectivity index (χ2n) is 8.40. The third-order valence-electron chi connectivity index (χ3n) is 6.29. The predicted octanol–water partition coefficient (Wildman–Crippen LogP) is 5.48. The molecule has 172 valence electrons. The molecule has 8 heteroatoms. The molecule has 1 fully saturated rings. The molecule has 6 nitrogen and oxygen atoms in total. The lowest BCUT2D eigenvalue weighted by Gasteiger charge is -2.28. The zero-order valence-electron chi connectivity index (χ0n) is 18.8. The topological polar surface area (TPSA) is 66.2 Å². The van der Waals surface area contributed by atoms with Gasteiger partial charge in [-0.05, 0) is 79.7 Å². The Morgan fingerprint density at radius 2 is 1.94 bits per heavy atom. The molecule has 0 amide bonds. The van der Waals surface area contributed by atoms with Crippen LogP contribution in [0.2, 0.25) is 5.02 Å². The van der Waals surface area contributed by atoms with Gasteiger partial charge in [0.15, 0.2) is 5.11 Å². The first-order valence-corrected chi connectivity index (χ1v) is 11.8. The van der Waals surface area contributed by atoms with Crippen LogP contribution in [0.3, 0.4) is 0 Å². The number of nitrogens with one attached hydrogen (secondary N) is 1. The Bertz CT molecular complexity index is 1340. The van der Waals surface area contributed by atoms with Crippen LogP contribution in [0.5, 0.6) is 5.75 Å². The van der Waals surface area contributed by atoms with Crippen molar-refractivity contribution in [3.8, 4) is 5.75 Å². The lowest BCUT2D eigenvalue weighted by Crippen LogP contribution is -2.29. The second kappa shape index (κ2) is 9.08. The summed E-state index contributed by atoms with van der Waals surface area (Å²) in [6, 6.07) is 16.6. The van der Waals surface area contributed by atoms with Crippen LogP contribution in [0, 0.1) is 13.8 Å². The fraction of sp³-hybridized carbons (Fsp3) is 0.192. The maximum atomic E-state index is 10.7. The summed E-state index contributed by atoms with van der Waals surface area (Å²) in [5.74, 6) is 0.115. The van der Waals surface area contributed by atoms with Crippen molar-refractivity contribution in [3.05, 3.63) is 106 Å². The molecule has 1 aromatic carbocycles. The minimum atomic E-state index is -0.236. The van der Waals surface area contributed by atoms with E-state index in [1.165, 1.54) is 0 Å². The normalized spacial score (nSPS) is 17.7. The van der Waals surface area contributed by atoms with Crippen LogP contribution in [-0.4, -0.2) is 24.8 Å². The predicted molar refractivity (Wildman–Crippen MR) is 138 cm³/mol. The van der Waals surface area contributed by atoms with Gasteiger partial charge in [-0.25, -0.2) is 0 Å². The van der Waals surface area contributed by atoms with Crippen molar-refractivity contribution in [3.63, 3.8) is 0 Å². The maximum Gasteiger partial charge on any atom is 0.174 e. The highest BCUT2D eigenvalue weighted by Crippen LogP contribution is 2.46. The summed E-state index contributed by atoms with van der Waals surface area (Å²) in [4.78, 5) is 10.8. The number of aromatic hydroxyl groups is 1. The molecule has 2 N–H and O–H groups in total. The van der Waals surface area contributed by atoms with E-state index in [4.69, 9.17) is 23.8 Å². The Kier molecular flexibility index (Phi) is 5.98. The van der Waals surface area contributed by atoms with E-state index in [2.05, 4.69) is 45.8 Å². The smallest absolute Gasteiger partial charge is 0.174 e. The summed E-state index contributed by atoms with van der Waals surface area (Å²) in [5.41, 5.74) is 5.90. The highest BCUT2D eigenvalue weighted by molar-refractivity contribution is 7.80. The molecule has 0 unspecified atom stereocenters. The zero-order valence-corrected chi connectivity index (χ0v) is 20.4. The van der Waals surface area contributed by atoms with Gasteiger partial charge in [0, 0.05) is 41.5 Å². The summed E-state index contributed by atoms with van der Waals surface area (Å²) < 4.78 is 2.28. The van der Waals surface area contributed by atoms with E-state index >= 15 is 0 Å². The van der Waals surface area contributed by atoms with Gasteiger partial charge in [0.05, 0.1) is 23.5 Å². The first kappa shape index (κ1) is 22.4. The minimum Gasteiger partial charge on any atom is -0.506 e. The van der Waals surface area contributed by atoms with Crippen LogP contribution in [-0.2, 0) is 6.54 Å². The molecule has 2 atom stereocenters. The Balaban J connectivity index is 1.65. The monoisotopic (exact) mass is 489 g/mol. The molecule has 5 rings (SSSR count). The van der Waals surface area contributed by atoms with Gasteiger partial charge in [-0.3, -0.25) is 9.97 Å². The fourth-order valence-electron chi connectivity index (χ4n) is 4.66. The third kappa shape index (κ3) is 4.02. The van der Waals surface area contributed by atoms with Crippen LogP contribution >= 0.6 is 23.8 Å². The number of phenols is 1. The van der Waals surface area contributed by atoms with Crippen LogP contribution in [0.25, 0.3) is 0 Å². The standard InChI is InChI=1S/C26H24ClN5OS/c1-16-12-20(17(2)31(16)15-18-6-5-10-28-14-18)25-24(21-7-3-4-11-29-21)30-26(34)32(25)22-13-19(27)8-9-23(22)33/h3-14,24-25,33H,15H2,1-2H3,(H,30,34)/t24-,25+/m0/s1. The summed E-state index contributed by atoms with van der Waals surface area (Å²) in [5, 5.41) is 15.2. The number of hydrogen-bond acceptors (Lipinski definition) is 4. The van der Waals surface area contributed by atoms with E-state index in [1.54, 1.807) is 30.6 Å². The molecular weight excluding hydrogens is 466 g/mol. The fourth-order valence-corrected chi connectivity index (χ4v) is 5.17. The molecule has 0 radical (unpaired) electrons. The Morgan fingerprint density at radius 3 is 2.68 bits per heavy atom. The lowest BCUT2D eigenvalue weighted by molar-refractivity contribution is 0.472. The number of rotatable bonds is 5. The van der Waals surface area contributed by atoms with Crippen LogP contribution in [0.15, 0.2) is 73.2 Å². The number of aryl methyl sites for hydroxylation is 1. The van der Waals surface area contributed by atoms with E-state index in [1.807, 2.05) is 35.4 Å². The van der Waals surface area contributed by atoms with Gasteiger partial charge in [-0.2, -0.15) is 0 Å². The quantitative estimate of drug-likeness (QED) is 0.362. The largest absolute Gasteiger partial charge is 0.506 e. The molecule has 0 spiro atoms. The van der Waals surface area contributed by atoms with Crippen molar-refractivity contribution in [2.45, 2.75) is 32.5 Å². The second-order valence-corrected chi connectivity index (χ2v) is 9.23. The number of phenolic OH excluding ortho intramolecular Hbond substituents is 1. The Morgan fingerprint density at radius 1 is 1.09 bits per heavy atom. The van der Waals surface area contributed by atoms with E-state index in [9.17, 15) is 5.11 Å². The van der Waals surface area contributed by atoms with E-state index in [-0.39, 0.29) is 17.8 Å². The number of pyridine rings is 2. The third-order valence-corrected chi connectivity index (χ3v) is 6.84. The molecule has 3 aromatic heterocycles. The number of hydrogen-bond donors (Lipinski definition) is 2. The molecule has 1 aliphatic heterocycles. The van der Waals surface area contributed by atoms with Gasteiger partial charge in [0.25, 0.3) is 0 Å². The molecule has 4 heterocycles. The van der Waals surface area contributed by atoms with Crippen LogP contribution in [0.1, 0.15) is 40.3 Å². The summed E-state index contributed by atoms with van der Waals surface area (Å²) >= 11 is 12.1. The van der Waals surface area contributed by atoms with Gasteiger partial charge in [-0.15, -0.1) is 0 Å². The summed E-state index contributed by atoms with van der Waals surface area (Å²) in [7, 11) is 0. The highest BCUT2D eigenvalue weighted by atomic mass is 35.5. The molecule has 0 aliphatic carbocycles. The Labute approximate surface area is 208 Å².